The van der Waals surface area contributed by atoms with E-state index in [4.69, 9.17) is 10.5 Å². The Labute approximate surface area is 199 Å². The van der Waals surface area contributed by atoms with Crippen molar-refractivity contribution >= 4 is 10.9 Å². The van der Waals surface area contributed by atoms with Crippen LogP contribution in [0.15, 0.2) is 52.6 Å². The quantitative estimate of drug-likeness (QED) is 0.532. The van der Waals surface area contributed by atoms with Gasteiger partial charge in [0.05, 0.1) is 17.0 Å². The average Bonchev–Trinajstić information content (AvgIpc) is 2.75. The van der Waals surface area contributed by atoms with E-state index >= 15 is 0 Å². The van der Waals surface area contributed by atoms with Crippen LogP contribution in [-0.2, 0) is 17.9 Å². The molecule has 3 aromatic rings. The third-order valence-electron chi connectivity index (χ3n) is 6.55. The molecule has 0 saturated heterocycles. The lowest BCUT2D eigenvalue weighted by Gasteiger charge is -2.32. The predicted octanol–water partition coefficient (Wildman–Crippen LogP) is 5.06. The van der Waals surface area contributed by atoms with Crippen LogP contribution in [-0.4, -0.2) is 9.67 Å². The van der Waals surface area contributed by atoms with Crippen LogP contribution in [0.2, 0.25) is 0 Å². The number of aryl methyl sites for hydroxylation is 1. The molecule has 0 radical (unpaired) electrons. The van der Waals surface area contributed by atoms with E-state index in [1.54, 1.807) is 11.6 Å². The number of allylic oxidation sites excluding steroid dienone is 1. The molecule has 1 aliphatic rings. The van der Waals surface area contributed by atoms with Crippen LogP contribution in [0, 0.1) is 11.3 Å². The number of nitrogens with zero attached hydrogens (tertiary/aromatic N) is 2. The number of pyridine rings is 1. The van der Waals surface area contributed by atoms with Crippen molar-refractivity contribution in [3.8, 4) is 17.6 Å². The Hall–Kier alpha value is -3.72. The normalized spacial score (nSPS) is 16.2. The van der Waals surface area contributed by atoms with Gasteiger partial charge in [0, 0.05) is 12.4 Å². The highest BCUT2D eigenvalue weighted by Crippen LogP contribution is 2.47. The summed E-state index contributed by atoms with van der Waals surface area (Å²) in [6, 6.07) is 13.4. The number of phenolic OH excluding ortho intramolecular Hbond substituents is 1. The standard InChI is InChI=1S/C28H31N3O3/c1-27(2,3)18-12-15(13-19(23(18)32)28(4,5)6)21-17(14-29)25(30)34-24-16-10-8-9-11-20(16)31(7)26(33)22(21)24/h8-13,21,32H,30H2,1-7H3/t21-/m0/s1. The molecule has 2 aromatic carbocycles. The van der Waals surface area contributed by atoms with Crippen molar-refractivity contribution in [2.24, 2.45) is 12.8 Å². The van der Waals surface area contributed by atoms with E-state index in [0.717, 1.165) is 27.6 Å². The van der Waals surface area contributed by atoms with Gasteiger partial charge in [-0.15, -0.1) is 0 Å². The van der Waals surface area contributed by atoms with Crippen LogP contribution >= 0.6 is 0 Å². The molecule has 0 spiro atoms. The maximum atomic E-state index is 13.7. The fourth-order valence-corrected chi connectivity index (χ4v) is 4.73. The van der Waals surface area contributed by atoms with Gasteiger partial charge in [0.15, 0.2) is 0 Å². The number of phenols is 1. The number of para-hydroxylation sites is 1. The number of nitriles is 1. The minimum atomic E-state index is -0.722. The predicted molar refractivity (Wildman–Crippen MR) is 134 cm³/mol. The molecule has 0 saturated carbocycles. The van der Waals surface area contributed by atoms with Gasteiger partial charge in [0.1, 0.15) is 23.1 Å². The fourth-order valence-electron chi connectivity index (χ4n) is 4.73. The second kappa shape index (κ2) is 7.66. The van der Waals surface area contributed by atoms with Crippen LogP contribution in [0.3, 0.4) is 0 Å². The first-order valence-corrected chi connectivity index (χ1v) is 11.3. The Morgan fingerprint density at radius 1 is 1.06 bits per heavy atom. The maximum absolute atomic E-state index is 13.7. The van der Waals surface area contributed by atoms with Gasteiger partial charge >= 0.3 is 0 Å². The zero-order chi connectivity index (χ0) is 25.2. The Morgan fingerprint density at radius 2 is 1.62 bits per heavy atom. The zero-order valence-electron chi connectivity index (χ0n) is 20.8. The Bertz CT molecular complexity index is 1420. The first-order chi connectivity index (χ1) is 15.8. The summed E-state index contributed by atoms with van der Waals surface area (Å²) in [5, 5.41) is 22.0. The number of hydrogen-bond donors (Lipinski definition) is 2. The van der Waals surface area contributed by atoms with Crippen molar-refractivity contribution in [3.05, 3.63) is 80.5 Å². The van der Waals surface area contributed by atoms with E-state index in [-0.39, 0.29) is 33.6 Å². The number of benzene rings is 2. The number of fused-ring (bicyclic) bond motifs is 3. The number of ether oxygens (including phenoxy) is 1. The van der Waals surface area contributed by atoms with Gasteiger partial charge in [-0.3, -0.25) is 4.79 Å². The second-order valence-electron chi connectivity index (χ2n) is 11.0. The molecule has 6 nitrogen and oxygen atoms in total. The van der Waals surface area contributed by atoms with Crippen LogP contribution in [0.4, 0.5) is 0 Å². The third-order valence-corrected chi connectivity index (χ3v) is 6.55. The summed E-state index contributed by atoms with van der Waals surface area (Å²) in [5.74, 6) is -0.123. The van der Waals surface area contributed by atoms with Crippen molar-refractivity contribution in [1.29, 1.82) is 5.26 Å². The van der Waals surface area contributed by atoms with Gasteiger partial charge in [-0.05, 0) is 39.7 Å². The fraction of sp³-hybridized carbons (Fsp3) is 0.357. The van der Waals surface area contributed by atoms with Crippen LogP contribution in [0.25, 0.3) is 10.9 Å². The van der Waals surface area contributed by atoms with E-state index in [0.29, 0.717) is 11.3 Å². The topological polar surface area (TPSA) is 101 Å². The molecule has 0 bridgehead atoms. The minimum absolute atomic E-state index is 0.0129. The highest BCUT2D eigenvalue weighted by Gasteiger charge is 2.37. The van der Waals surface area contributed by atoms with Crippen molar-refractivity contribution in [1.82, 2.24) is 4.57 Å². The van der Waals surface area contributed by atoms with Crippen molar-refractivity contribution < 1.29 is 9.84 Å². The zero-order valence-corrected chi connectivity index (χ0v) is 20.8. The molecular weight excluding hydrogens is 426 g/mol. The lowest BCUT2D eigenvalue weighted by atomic mass is 9.74. The smallest absolute Gasteiger partial charge is 0.258 e. The molecule has 0 amide bonds. The summed E-state index contributed by atoms with van der Waals surface area (Å²) in [6.07, 6.45) is 0. The van der Waals surface area contributed by atoms with E-state index in [9.17, 15) is 15.2 Å². The van der Waals surface area contributed by atoms with Crippen molar-refractivity contribution in [3.63, 3.8) is 0 Å². The van der Waals surface area contributed by atoms with Gasteiger partial charge in [-0.25, -0.2) is 0 Å². The summed E-state index contributed by atoms with van der Waals surface area (Å²) >= 11 is 0. The molecule has 6 heteroatoms. The van der Waals surface area contributed by atoms with Gasteiger partial charge < -0.3 is 20.1 Å². The molecule has 3 N–H and O–H groups in total. The van der Waals surface area contributed by atoms with E-state index < -0.39 is 5.92 Å². The summed E-state index contributed by atoms with van der Waals surface area (Å²) in [6.45, 7) is 12.2. The molecular formula is C28H31N3O3. The first-order valence-electron chi connectivity index (χ1n) is 11.3. The van der Waals surface area contributed by atoms with Crippen LogP contribution in [0.5, 0.6) is 11.5 Å². The highest BCUT2D eigenvalue weighted by atomic mass is 16.5. The van der Waals surface area contributed by atoms with Crippen molar-refractivity contribution in [2.75, 3.05) is 0 Å². The molecule has 1 aliphatic heterocycles. The Morgan fingerprint density at radius 3 is 2.15 bits per heavy atom. The first kappa shape index (κ1) is 23.4. The Balaban J connectivity index is 2.16. The van der Waals surface area contributed by atoms with Gasteiger partial charge in [0.25, 0.3) is 5.56 Å². The number of nitrogens with two attached hydrogens (primary N) is 1. The van der Waals surface area contributed by atoms with Gasteiger partial charge in [-0.1, -0.05) is 65.8 Å². The molecule has 34 heavy (non-hydrogen) atoms. The lowest BCUT2D eigenvalue weighted by molar-refractivity contribution is 0.395. The second-order valence-corrected chi connectivity index (χ2v) is 11.0. The number of rotatable bonds is 1. The third kappa shape index (κ3) is 3.52. The molecule has 2 heterocycles. The summed E-state index contributed by atoms with van der Waals surface area (Å²) < 4.78 is 7.51. The van der Waals surface area contributed by atoms with E-state index in [1.807, 2.05) is 77.9 Å². The number of aromatic hydroxyl groups is 1. The lowest BCUT2D eigenvalue weighted by Crippen LogP contribution is -2.31. The molecule has 1 atom stereocenters. The minimum Gasteiger partial charge on any atom is -0.507 e. The monoisotopic (exact) mass is 457 g/mol. The van der Waals surface area contributed by atoms with Gasteiger partial charge in [-0.2, -0.15) is 5.26 Å². The largest absolute Gasteiger partial charge is 0.507 e. The highest BCUT2D eigenvalue weighted by molar-refractivity contribution is 5.88. The molecule has 0 aliphatic carbocycles. The molecule has 0 fully saturated rings. The molecule has 0 unspecified atom stereocenters. The summed E-state index contributed by atoms with van der Waals surface area (Å²) in [5.41, 5.74) is 8.77. The van der Waals surface area contributed by atoms with E-state index in [1.165, 1.54) is 0 Å². The Kier molecular flexibility index (Phi) is 5.28. The summed E-state index contributed by atoms with van der Waals surface area (Å²) in [4.78, 5) is 13.7. The molecule has 4 rings (SSSR count). The summed E-state index contributed by atoms with van der Waals surface area (Å²) in [7, 11) is 1.72. The molecule has 176 valence electrons. The average molecular weight is 458 g/mol. The van der Waals surface area contributed by atoms with E-state index in [2.05, 4.69) is 6.07 Å². The number of hydrogen-bond acceptors (Lipinski definition) is 5. The number of aromatic nitrogens is 1. The van der Waals surface area contributed by atoms with Crippen LogP contribution in [0.1, 0.15) is 69.7 Å². The van der Waals surface area contributed by atoms with Gasteiger partial charge in [0.2, 0.25) is 5.88 Å². The maximum Gasteiger partial charge on any atom is 0.258 e. The SMILES string of the molecule is Cn1c(=O)c2c(c3ccccc31)OC(N)=C(C#N)[C@@H]2c1cc(C(C)(C)C)c(O)c(C(C)(C)C)c1. The van der Waals surface area contributed by atoms with Crippen molar-refractivity contribution in [2.45, 2.75) is 58.3 Å². The molecule has 1 aromatic heterocycles. The van der Waals surface area contributed by atoms with Crippen LogP contribution < -0.4 is 16.0 Å².